The Kier molecular flexibility index (Phi) is 5.50. The molecule has 56 valence electrons. The van der Waals surface area contributed by atoms with E-state index in [0.29, 0.717) is 11.8 Å². The Morgan fingerprint density at radius 2 is 1.89 bits per heavy atom. The molecule has 2 heteroatoms. The lowest BCUT2D eigenvalue weighted by Crippen LogP contribution is -2.14. The summed E-state index contributed by atoms with van der Waals surface area (Å²) in [5.41, 5.74) is 0. The van der Waals surface area contributed by atoms with Crippen LogP contribution >= 0.6 is 15.9 Å². The van der Waals surface area contributed by atoms with E-state index in [2.05, 4.69) is 29.8 Å². The molecule has 0 rings (SSSR count). The van der Waals surface area contributed by atoms with E-state index >= 15 is 0 Å². The number of hydrogen-bond donors (Lipinski definition) is 0. The van der Waals surface area contributed by atoms with Gasteiger partial charge in [0.15, 0.2) is 0 Å². The van der Waals surface area contributed by atoms with Gasteiger partial charge in [0.25, 0.3) is 0 Å². The van der Waals surface area contributed by atoms with Crippen LogP contribution in [-0.4, -0.2) is 19.0 Å². The Morgan fingerprint density at radius 1 is 1.33 bits per heavy atom. The number of methoxy groups -OCH3 is 1. The van der Waals surface area contributed by atoms with E-state index in [1.807, 2.05) is 0 Å². The predicted octanol–water partition coefficient (Wildman–Crippen LogP) is 2.30. The van der Waals surface area contributed by atoms with Crippen molar-refractivity contribution in [3.63, 3.8) is 0 Å². The van der Waals surface area contributed by atoms with Crippen LogP contribution in [-0.2, 0) is 4.74 Å². The highest BCUT2D eigenvalue weighted by Gasteiger charge is 2.09. The topological polar surface area (TPSA) is 9.23 Å². The highest BCUT2D eigenvalue weighted by Crippen LogP contribution is 2.12. The summed E-state index contributed by atoms with van der Waals surface area (Å²) in [4.78, 5) is 0. The zero-order valence-electron chi connectivity index (χ0n) is 6.36. The van der Waals surface area contributed by atoms with Gasteiger partial charge in [-0.15, -0.1) is 0 Å². The molecule has 0 saturated carbocycles. The average Bonchev–Trinajstić information content (AvgIpc) is 1.87. The van der Waals surface area contributed by atoms with Crippen molar-refractivity contribution in [1.29, 1.82) is 0 Å². The molecule has 2 atom stereocenters. The number of halogens is 1. The van der Waals surface area contributed by atoms with Gasteiger partial charge in [-0.3, -0.25) is 0 Å². The van der Waals surface area contributed by atoms with Crippen LogP contribution in [0, 0.1) is 11.8 Å². The molecule has 1 nitrogen and oxygen atoms in total. The minimum absolute atomic E-state index is 0.661. The van der Waals surface area contributed by atoms with Gasteiger partial charge in [0, 0.05) is 19.0 Å². The Bertz CT molecular complexity index is 65.9. The van der Waals surface area contributed by atoms with Gasteiger partial charge < -0.3 is 4.74 Å². The molecule has 0 spiro atoms. The maximum atomic E-state index is 5.01. The molecule has 0 aromatic rings. The van der Waals surface area contributed by atoms with Gasteiger partial charge in [-0.25, -0.2) is 0 Å². The van der Waals surface area contributed by atoms with Crippen LogP contribution in [0.1, 0.15) is 13.8 Å². The second-order valence-electron chi connectivity index (χ2n) is 2.56. The van der Waals surface area contributed by atoms with Crippen molar-refractivity contribution in [2.75, 3.05) is 19.0 Å². The maximum absolute atomic E-state index is 5.01. The summed E-state index contributed by atoms with van der Waals surface area (Å²) in [7, 11) is 1.75. The van der Waals surface area contributed by atoms with Crippen LogP contribution in [0.15, 0.2) is 0 Å². The Hall–Kier alpha value is 0.440. The normalized spacial score (nSPS) is 17.3. The molecule has 0 aromatic carbocycles. The average molecular weight is 195 g/mol. The van der Waals surface area contributed by atoms with Gasteiger partial charge in [0.1, 0.15) is 0 Å². The van der Waals surface area contributed by atoms with Crippen molar-refractivity contribution in [3.05, 3.63) is 0 Å². The van der Waals surface area contributed by atoms with E-state index in [9.17, 15) is 0 Å². The Morgan fingerprint density at radius 3 is 2.22 bits per heavy atom. The van der Waals surface area contributed by atoms with Crippen molar-refractivity contribution in [2.45, 2.75) is 13.8 Å². The molecule has 0 radical (unpaired) electrons. The maximum Gasteiger partial charge on any atom is 0.0490 e. The number of hydrogen-bond acceptors (Lipinski definition) is 1. The highest BCUT2D eigenvalue weighted by atomic mass is 79.9. The van der Waals surface area contributed by atoms with Gasteiger partial charge in [-0.1, -0.05) is 29.8 Å². The molecule has 0 N–H and O–H groups in total. The monoisotopic (exact) mass is 194 g/mol. The molecule has 0 aliphatic carbocycles. The molecule has 2 unspecified atom stereocenters. The van der Waals surface area contributed by atoms with Crippen LogP contribution < -0.4 is 0 Å². The van der Waals surface area contributed by atoms with E-state index in [1.54, 1.807) is 7.11 Å². The summed E-state index contributed by atoms with van der Waals surface area (Å²) in [6.45, 7) is 5.29. The first-order valence-electron chi connectivity index (χ1n) is 3.27. The minimum Gasteiger partial charge on any atom is -0.384 e. The Labute approximate surface area is 65.9 Å². The van der Waals surface area contributed by atoms with Gasteiger partial charge in [0.2, 0.25) is 0 Å². The third-order valence-electron chi connectivity index (χ3n) is 1.64. The third kappa shape index (κ3) is 3.93. The van der Waals surface area contributed by atoms with Crippen molar-refractivity contribution < 1.29 is 4.74 Å². The van der Waals surface area contributed by atoms with E-state index in [1.165, 1.54) is 0 Å². The largest absolute Gasteiger partial charge is 0.384 e. The zero-order chi connectivity index (χ0) is 7.28. The molecule has 0 saturated heterocycles. The van der Waals surface area contributed by atoms with Crippen LogP contribution in [0.3, 0.4) is 0 Å². The van der Waals surface area contributed by atoms with Crippen LogP contribution in [0.25, 0.3) is 0 Å². The smallest absolute Gasteiger partial charge is 0.0490 e. The first-order chi connectivity index (χ1) is 4.22. The van der Waals surface area contributed by atoms with E-state index in [4.69, 9.17) is 4.74 Å². The fourth-order valence-electron chi connectivity index (χ4n) is 0.579. The molecule has 0 aromatic heterocycles. The quantitative estimate of drug-likeness (QED) is 0.625. The summed E-state index contributed by atoms with van der Waals surface area (Å²) in [6, 6.07) is 0. The summed E-state index contributed by atoms with van der Waals surface area (Å²) >= 11 is 3.43. The van der Waals surface area contributed by atoms with Gasteiger partial charge in [0.05, 0.1) is 0 Å². The second kappa shape index (κ2) is 5.24. The summed E-state index contributed by atoms with van der Waals surface area (Å²) in [6.07, 6.45) is 0. The molecule has 0 heterocycles. The molecular weight excluding hydrogens is 180 g/mol. The fraction of sp³-hybridized carbons (Fsp3) is 1.00. The molecule has 0 aliphatic rings. The SMILES string of the molecule is COCC(C)C(C)CBr. The van der Waals surface area contributed by atoms with Gasteiger partial charge >= 0.3 is 0 Å². The lowest BCUT2D eigenvalue weighted by atomic mass is 9.99. The van der Waals surface area contributed by atoms with Crippen molar-refractivity contribution >= 4 is 15.9 Å². The van der Waals surface area contributed by atoms with E-state index < -0.39 is 0 Å². The first-order valence-corrected chi connectivity index (χ1v) is 4.39. The van der Waals surface area contributed by atoms with Crippen LogP contribution in [0.5, 0.6) is 0 Å². The third-order valence-corrected chi connectivity index (χ3v) is 2.67. The summed E-state index contributed by atoms with van der Waals surface area (Å²) in [5, 5.41) is 1.07. The molecule has 0 amide bonds. The summed E-state index contributed by atoms with van der Waals surface area (Å²) in [5.74, 6) is 1.37. The van der Waals surface area contributed by atoms with Crippen molar-refractivity contribution in [1.82, 2.24) is 0 Å². The molecule has 9 heavy (non-hydrogen) atoms. The second-order valence-corrected chi connectivity index (χ2v) is 3.21. The lowest BCUT2D eigenvalue weighted by molar-refractivity contribution is 0.140. The number of rotatable bonds is 4. The number of ether oxygens (including phenoxy) is 1. The highest BCUT2D eigenvalue weighted by molar-refractivity contribution is 9.09. The van der Waals surface area contributed by atoms with Crippen molar-refractivity contribution in [3.8, 4) is 0 Å². The molecule has 0 bridgehead atoms. The van der Waals surface area contributed by atoms with Crippen LogP contribution in [0.2, 0.25) is 0 Å². The standard InChI is InChI=1S/C7H15BrO/c1-6(4-8)7(2)5-9-3/h6-7H,4-5H2,1-3H3. The predicted molar refractivity (Wildman–Crippen MR) is 44.0 cm³/mol. The summed E-state index contributed by atoms with van der Waals surface area (Å²) < 4.78 is 5.01. The molecule has 0 fully saturated rings. The van der Waals surface area contributed by atoms with E-state index in [0.717, 1.165) is 11.9 Å². The van der Waals surface area contributed by atoms with E-state index in [-0.39, 0.29) is 0 Å². The van der Waals surface area contributed by atoms with Crippen molar-refractivity contribution in [2.24, 2.45) is 11.8 Å². The molecule has 0 aliphatic heterocycles. The van der Waals surface area contributed by atoms with Crippen LogP contribution in [0.4, 0.5) is 0 Å². The lowest BCUT2D eigenvalue weighted by Gasteiger charge is -2.15. The zero-order valence-corrected chi connectivity index (χ0v) is 7.94. The first kappa shape index (κ1) is 9.44. The molecular formula is C7H15BrO. The fourth-order valence-corrected chi connectivity index (χ4v) is 1.22. The number of alkyl halides is 1. The van der Waals surface area contributed by atoms with Gasteiger partial charge in [-0.05, 0) is 11.8 Å². The Balaban J connectivity index is 3.32. The van der Waals surface area contributed by atoms with Gasteiger partial charge in [-0.2, -0.15) is 0 Å². The minimum atomic E-state index is 0.661.